The summed E-state index contributed by atoms with van der Waals surface area (Å²) in [6.45, 7) is 4.70. The Morgan fingerprint density at radius 3 is 2.48 bits per heavy atom. The predicted octanol–water partition coefficient (Wildman–Crippen LogP) is 2.92. The third kappa shape index (κ3) is 9.06. The molecule has 8 nitrogen and oxygen atoms in total. The molecule has 0 atom stereocenters. The first-order valence-corrected chi connectivity index (χ1v) is 10.3. The first kappa shape index (κ1) is 24.2. The second-order valence-corrected chi connectivity index (χ2v) is 6.62. The summed E-state index contributed by atoms with van der Waals surface area (Å²) in [4.78, 5) is 24.4. The van der Waals surface area contributed by atoms with E-state index in [1.807, 2.05) is 19.1 Å². The van der Waals surface area contributed by atoms with Crippen molar-refractivity contribution in [1.29, 1.82) is 0 Å². The van der Waals surface area contributed by atoms with Gasteiger partial charge in [0.2, 0.25) is 5.91 Å². The van der Waals surface area contributed by atoms with Gasteiger partial charge in [-0.3, -0.25) is 9.59 Å². The van der Waals surface area contributed by atoms with Crippen LogP contribution in [0.15, 0.2) is 48.5 Å². The number of hydrogen-bond acceptors (Lipinski definition) is 6. The fourth-order valence-corrected chi connectivity index (χ4v) is 2.69. The van der Waals surface area contributed by atoms with E-state index in [4.69, 9.17) is 14.2 Å². The average molecular weight is 430 g/mol. The number of para-hydroxylation sites is 2. The van der Waals surface area contributed by atoms with Gasteiger partial charge in [-0.15, -0.1) is 0 Å². The molecule has 8 heteroatoms. The molecule has 0 unspecified atom stereocenters. The van der Waals surface area contributed by atoms with Crippen molar-refractivity contribution in [2.24, 2.45) is 0 Å². The molecule has 3 N–H and O–H groups in total. The van der Waals surface area contributed by atoms with Gasteiger partial charge in [0.25, 0.3) is 5.91 Å². The molecule has 0 aliphatic heterocycles. The maximum Gasteiger partial charge on any atom is 0.251 e. The van der Waals surface area contributed by atoms with Gasteiger partial charge in [-0.2, -0.15) is 0 Å². The lowest BCUT2D eigenvalue weighted by molar-refractivity contribution is -0.114. The molecule has 0 bridgehead atoms. The molecule has 168 valence electrons. The summed E-state index contributed by atoms with van der Waals surface area (Å²) in [7, 11) is 1.63. The smallest absolute Gasteiger partial charge is 0.251 e. The number of carbonyl (C=O) groups is 2. The van der Waals surface area contributed by atoms with Crippen LogP contribution in [0.25, 0.3) is 0 Å². The van der Waals surface area contributed by atoms with Crippen LogP contribution < -0.4 is 20.7 Å². The SMILES string of the molecule is CCOCCOc1ccccc1NC(=O)CNc1ccc(C(=O)NCCCOC)cc1. The molecule has 0 saturated heterocycles. The van der Waals surface area contributed by atoms with Gasteiger partial charge in [-0.1, -0.05) is 12.1 Å². The zero-order valence-corrected chi connectivity index (χ0v) is 18.1. The van der Waals surface area contributed by atoms with Crippen molar-refractivity contribution in [1.82, 2.24) is 5.32 Å². The number of amides is 2. The Hall–Kier alpha value is -3.10. The maximum atomic E-state index is 12.3. The molecule has 0 fully saturated rings. The highest BCUT2D eigenvalue weighted by molar-refractivity contribution is 5.96. The van der Waals surface area contributed by atoms with Crippen LogP contribution in [0.5, 0.6) is 5.75 Å². The first-order valence-electron chi connectivity index (χ1n) is 10.3. The summed E-state index contributed by atoms with van der Waals surface area (Å²) in [6.07, 6.45) is 0.762. The number of rotatable bonds is 14. The van der Waals surface area contributed by atoms with Crippen LogP contribution >= 0.6 is 0 Å². The summed E-state index contributed by atoms with van der Waals surface area (Å²) in [5, 5.41) is 8.73. The normalized spacial score (nSPS) is 10.4. The molecule has 0 spiro atoms. The van der Waals surface area contributed by atoms with Crippen LogP contribution in [0.3, 0.4) is 0 Å². The molecular formula is C23H31N3O5. The van der Waals surface area contributed by atoms with Crippen molar-refractivity contribution < 1.29 is 23.8 Å². The Kier molecular flexibility index (Phi) is 10.9. The van der Waals surface area contributed by atoms with Crippen molar-refractivity contribution in [3.63, 3.8) is 0 Å². The highest BCUT2D eigenvalue weighted by atomic mass is 16.5. The zero-order chi connectivity index (χ0) is 22.3. The molecule has 2 amide bonds. The van der Waals surface area contributed by atoms with E-state index in [1.54, 1.807) is 43.5 Å². The van der Waals surface area contributed by atoms with Crippen LogP contribution in [0.1, 0.15) is 23.7 Å². The second kappa shape index (κ2) is 14.0. The molecular weight excluding hydrogens is 398 g/mol. The highest BCUT2D eigenvalue weighted by Crippen LogP contribution is 2.23. The van der Waals surface area contributed by atoms with Gasteiger partial charge >= 0.3 is 0 Å². The van der Waals surface area contributed by atoms with Gasteiger partial charge in [0, 0.05) is 38.1 Å². The summed E-state index contributed by atoms with van der Waals surface area (Å²) >= 11 is 0. The van der Waals surface area contributed by atoms with Gasteiger partial charge in [-0.05, 0) is 49.7 Å². The van der Waals surface area contributed by atoms with Gasteiger partial charge in [0.1, 0.15) is 12.4 Å². The topological polar surface area (TPSA) is 97.9 Å². The molecule has 31 heavy (non-hydrogen) atoms. The fourth-order valence-electron chi connectivity index (χ4n) is 2.69. The Bertz CT molecular complexity index is 811. The van der Waals surface area contributed by atoms with Crippen LogP contribution in [0, 0.1) is 0 Å². The summed E-state index contributed by atoms with van der Waals surface area (Å²) in [5.74, 6) is 0.249. The molecule has 0 saturated carbocycles. The fraction of sp³-hybridized carbons (Fsp3) is 0.391. The summed E-state index contributed by atoms with van der Waals surface area (Å²) < 4.78 is 15.9. The zero-order valence-electron chi connectivity index (χ0n) is 18.1. The standard InChI is InChI=1S/C23H31N3O5/c1-3-30-15-16-31-21-8-5-4-7-20(21)26-22(27)17-25-19-11-9-18(10-12-19)23(28)24-13-6-14-29-2/h4-5,7-12,25H,3,6,13-17H2,1-2H3,(H,24,28)(H,26,27). The third-order valence-electron chi connectivity index (χ3n) is 4.26. The number of hydrogen-bond donors (Lipinski definition) is 3. The van der Waals surface area contributed by atoms with Crippen LogP contribution in [-0.4, -0.2) is 58.4 Å². The van der Waals surface area contributed by atoms with Crippen molar-refractivity contribution >= 4 is 23.2 Å². The second-order valence-electron chi connectivity index (χ2n) is 6.62. The molecule has 0 aromatic heterocycles. The highest BCUT2D eigenvalue weighted by Gasteiger charge is 2.09. The van der Waals surface area contributed by atoms with E-state index in [2.05, 4.69) is 16.0 Å². The predicted molar refractivity (Wildman–Crippen MR) is 121 cm³/mol. The number of anilines is 2. The van der Waals surface area contributed by atoms with E-state index >= 15 is 0 Å². The van der Waals surface area contributed by atoms with Gasteiger partial charge < -0.3 is 30.2 Å². The number of carbonyl (C=O) groups excluding carboxylic acids is 2. The summed E-state index contributed by atoms with van der Waals surface area (Å²) in [6, 6.07) is 14.2. The molecule has 2 aromatic carbocycles. The van der Waals surface area contributed by atoms with Crippen LogP contribution in [0.4, 0.5) is 11.4 Å². The van der Waals surface area contributed by atoms with E-state index in [9.17, 15) is 9.59 Å². The van der Waals surface area contributed by atoms with Gasteiger partial charge in [0.05, 0.1) is 18.8 Å². The summed E-state index contributed by atoms with van der Waals surface area (Å²) in [5.41, 5.74) is 1.91. The molecule has 0 aliphatic rings. The Morgan fingerprint density at radius 1 is 0.968 bits per heavy atom. The minimum absolute atomic E-state index is 0.0792. The van der Waals surface area contributed by atoms with E-state index in [1.165, 1.54) is 0 Å². The first-order chi connectivity index (χ1) is 15.1. The largest absolute Gasteiger partial charge is 0.489 e. The monoisotopic (exact) mass is 429 g/mol. The van der Waals surface area contributed by atoms with E-state index < -0.39 is 0 Å². The molecule has 2 rings (SSSR count). The van der Waals surface area contributed by atoms with Crippen LogP contribution in [0.2, 0.25) is 0 Å². The van der Waals surface area contributed by atoms with Crippen molar-refractivity contribution in [3.8, 4) is 5.75 Å². The van der Waals surface area contributed by atoms with E-state index in [-0.39, 0.29) is 18.4 Å². The van der Waals surface area contributed by atoms with E-state index in [0.717, 1.165) is 12.1 Å². The Labute approximate surface area is 183 Å². The quantitative estimate of drug-likeness (QED) is 0.400. The average Bonchev–Trinajstić information content (AvgIpc) is 2.79. The minimum Gasteiger partial charge on any atom is -0.489 e. The maximum absolute atomic E-state index is 12.3. The molecule has 2 aromatic rings. The van der Waals surface area contributed by atoms with Crippen molar-refractivity contribution in [3.05, 3.63) is 54.1 Å². The Balaban J connectivity index is 1.79. The third-order valence-corrected chi connectivity index (χ3v) is 4.26. The lowest BCUT2D eigenvalue weighted by Gasteiger charge is -2.13. The minimum atomic E-state index is -0.208. The molecule has 0 radical (unpaired) electrons. The Morgan fingerprint density at radius 2 is 1.74 bits per heavy atom. The van der Waals surface area contributed by atoms with Crippen LogP contribution in [-0.2, 0) is 14.3 Å². The molecule has 0 aliphatic carbocycles. The number of ether oxygens (including phenoxy) is 3. The lowest BCUT2D eigenvalue weighted by atomic mass is 10.2. The number of methoxy groups -OCH3 is 1. The number of benzene rings is 2. The van der Waals surface area contributed by atoms with Crippen molar-refractivity contribution in [2.75, 3.05) is 57.3 Å². The van der Waals surface area contributed by atoms with Gasteiger partial charge in [-0.25, -0.2) is 0 Å². The van der Waals surface area contributed by atoms with Crippen molar-refractivity contribution in [2.45, 2.75) is 13.3 Å². The van der Waals surface area contributed by atoms with E-state index in [0.29, 0.717) is 50.0 Å². The number of nitrogens with one attached hydrogen (secondary N) is 3. The lowest BCUT2D eigenvalue weighted by Crippen LogP contribution is -2.25. The van der Waals surface area contributed by atoms with Gasteiger partial charge in [0.15, 0.2) is 0 Å². The molecule has 0 heterocycles.